The average Bonchev–Trinajstić information content (AvgIpc) is 3.43. The van der Waals surface area contributed by atoms with E-state index in [1.165, 1.54) is 16.8 Å². The number of rotatable bonds is 11. The molecule has 1 atom stereocenters. The molecule has 1 unspecified atom stereocenters. The number of carbonyl (C=O) groups excluding carboxylic acids is 2. The first kappa shape index (κ1) is 31.7. The van der Waals surface area contributed by atoms with Gasteiger partial charge >= 0.3 is 6.03 Å². The zero-order chi connectivity index (χ0) is 31.9. The van der Waals surface area contributed by atoms with Gasteiger partial charge in [0.2, 0.25) is 0 Å². The summed E-state index contributed by atoms with van der Waals surface area (Å²) in [5, 5.41) is 4.95. The quantitative estimate of drug-likeness (QED) is 0.184. The number of anilines is 1. The van der Waals surface area contributed by atoms with Crippen molar-refractivity contribution in [2.45, 2.75) is 11.8 Å². The number of hydrazine groups is 1. The summed E-state index contributed by atoms with van der Waals surface area (Å²) >= 11 is 7.74. The maximum atomic E-state index is 12.8. The number of ether oxygens (including phenoxy) is 4. The van der Waals surface area contributed by atoms with Crippen LogP contribution < -0.4 is 25.0 Å². The van der Waals surface area contributed by atoms with Crippen LogP contribution in [0, 0.1) is 0 Å². The molecule has 13 heteroatoms. The summed E-state index contributed by atoms with van der Waals surface area (Å²) in [6, 6.07) is 19.1. The first-order valence-electron chi connectivity index (χ1n) is 14.9. The predicted molar refractivity (Wildman–Crippen MR) is 178 cm³/mol. The fourth-order valence-corrected chi connectivity index (χ4v) is 6.68. The second-order valence-electron chi connectivity index (χ2n) is 10.6. The number of hydrogen-bond donors (Lipinski definition) is 2. The minimum absolute atomic E-state index is 0.211. The molecule has 0 spiro atoms. The molecular weight excluding hydrogens is 630 g/mol. The molecule has 3 aromatic carbocycles. The Morgan fingerprint density at radius 3 is 2.65 bits per heavy atom. The molecule has 2 fully saturated rings. The van der Waals surface area contributed by atoms with Crippen molar-refractivity contribution in [1.82, 2.24) is 20.3 Å². The van der Waals surface area contributed by atoms with Crippen LogP contribution >= 0.6 is 23.4 Å². The molecule has 1 aromatic heterocycles. The first-order chi connectivity index (χ1) is 22.5. The molecule has 2 N–H and O–H groups in total. The van der Waals surface area contributed by atoms with E-state index in [1.54, 1.807) is 49.7 Å². The number of amides is 3. The van der Waals surface area contributed by atoms with Crippen LogP contribution in [-0.2, 0) is 9.53 Å². The SMILES string of the molecule is COc1cc2c(Oc3ccc(NC(=O)NN4C(=O)CSC4c4ccccc4Cl)cc3)ccnc2cc1OCCCN1CCOCC1. The zero-order valence-corrected chi connectivity index (χ0v) is 26.8. The topological polar surface area (TPSA) is 114 Å². The summed E-state index contributed by atoms with van der Waals surface area (Å²) in [4.78, 5) is 32.2. The molecule has 0 radical (unpaired) electrons. The lowest BCUT2D eigenvalue weighted by atomic mass is 10.1. The lowest BCUT2D eigenvalue weighted by Gasteiger charge is -2.26. The number of benzene rings is 3. The molecule has 240 valence electrons. The smallest absolute Gasteiger partial charge is 0.338 e. The van der Waals surface area contributed by atoms with E-state index in [0.717, 1.165) is 50.2 Å². The number of hydrogen-bond acceptors (Lipinski definition) is 9. The number of nitrogens with zero attached hydrogens (tertiary/aromatic N) is 3. The third-order valence-corrected chi connectivity index (χ3v) is 9.11. The van der Waals surface area contributed by atoms with Crippen LogP contribution in [0.25, 0.3) is 10.9 Å². The van der Waals surface area contributed by atoms with Gasteiger partial charge in [0.05, 0.1) is 38.2 Å². The van der Waals surface area contributed by atoms with Gasteiger partial charge in [-0.2, -0.15) is 0 Å². The highest BCUT2D eigenvalue weighted by molar-refractivity contribution is 8.00. The molecule has 3 heterocycles. The molecule has 3 amide bonds. The van der Waals surface area contributed by atoms with E-state index in [2.05, 4.69) is 20.6 Å². The number of pyridine rings is 1. The average molecular weight is 664 g/mol. The van der Waals surface area contributed by atoms with Gasteiger partial charge in [0, 0.05) is 53.6 Å². The van der Waals surface area contributed by atoms with Crippen molar-refractivity contribution in [3.05, 3.63) is 83.5 Å². The van der Waals surface area contributed by atoms with Crippen LogP contribution in [0.5, 0.6) is 23.0 Å². The Hall–Kier alpha value is -4.23. The van der Waals surface area contributed by atoms with Gasteiger partial charge in [0.15, 0.2) is 11.5 Å². The van der Waals surface area contributed by atoms with E-state index >= 15 is 0 Å². The molecule has 0 bridgehead atoms. The van der Waals surface area contributed by atoms with Crippen molar-refractivity contribution in [2.24, 2.45) is 0 Å². The van der Waals surface area contributed by atoms with Gasteiger partial charge in [-0.25, -0.2) is 15.2 Å². The molecule has 4 aromatic rings. The number of carbonyl (C=O) groups is 2. The summed E-state index contributed by atoms with van der Waals surface area (Å²) in [6.07, 6.45) is 2.57. The van der Waals surface area contributed by atoms with Crippen LogP contribution in [0.15, 0.2) is 72.9 Å². The highest BCUT2D eigenvalue weighted by Crippen LogP contribution is 2.40. The standard InChI is InChI=1S/C33H34ClN5O6S/c1-42-29-19-25-27(20-30(29)44-16-4-13-38-14-17-43-18-15-38)35-12-11-28(25)45-23-9-7-22(8-10-23)36-33(41)37-39-31(40)21-46-32(39)24-5-2-3-6-26(24)34/h2-3,5-12,19-20,32H,4,13-18,21H2,1H3,(H2,36,37,41). The monoisotopic (exact) mass is 663 g/mol. The van der Waals surface area contributed by atoms with Crippen LogP contribution in [0.3, 0.4) is 0 Å². The van der Waals surface area contributed by atoms with Gasteiger partial charge in [-0.15, -0.1) is 11.8 Å². The van der Waals surface area contributed by atoms with Crippen LogP contribution in [0.2, 0.25) is 5.02 Å². The maximum absolute atomic E-state index is 12.8. The number of morpholine rings is 1. The Morgan fingerprint density at radius 1 is 1.07 bits per heavy atom. The Bertz CT molecular complexity index is 1690. The van der Waals surface area contributed by atoms with Gasteiger partial charge in [-0.3, -0.25) is 14.7 Å². The van der Waals surface area contributed by atoms with Gasteiger partial charge in [-0.1, -0.05) is 29.8 Å². The van der Waals surface area contributed by atoms with E-state index in [1.807, 2.05) is 30.3 Å². The Labute approximate surface area is 276 Å². The van der Waals surface area contributed by atoms with Crippen molar-refractivity contribution in [1.29, 1.82) is 0 Å². The Morgan fingerprint density at radius 2 is 1.87 bits per heavy atom. The Kier molecular flexibility index (Phi) is 10.3. The lowest BCUT2D eigenvalue weighted by molar-refractivity contribution is -0.130. The van der Waals surface area contributed by atoms with Crippen molar-refractivity contribution in [3.63, 3.8) is 0 Å². The van der Waals surface area contributed by atoms with E-state index in [4.69, 9.17) is 30.5 Å². The summed E-state index contributed by atoms with van der Waals surface area (Å²) in [5.74, 6) is 2.40. The van der Waals surface area contributed by atoms with Crippen molar-refractivity contribution in [2.75, 3.05) is 57.6 Å². The third kappa shape index (κ3) is 7.59. The minimum Gasteiger partial charge on any atom is -0.493 e. The summed E-state index contributed by atoms with van der Waals surface area (Å²) in [7, 11) is 1.61. The van der Waals surface area contributed by atoms with Crippen LogP contribution in [0.4, 0.5) is 10.5 Å². The molecule has 2 aliphatic rings. The van der Waals surface area contributed by atoms with Crippen molar-refractivity contribution >= 4 is 51.9 Å². The molecular formula is C33H34ClN5O6S. The number of urea groups is 1. The van der Waals surface area contributed by atoms with E-state index in [-0.39, 0.29) is 11.7 Å². The summed E-state index contributed by atoms with van der Waals surface area (Å²) < 4.78 is 23.3. The maximum Gasteiger partial charge on any atom is 0.338 e. The second-order valence-corrected chi connectivity index (χ2v) is 12.1. The van der Waals surface area contributed by atoms with E-state index in [0.29, 0.717) is 45.8 Å². The Balaban J connectivity index is 1.07. The summed E-state index contributed by atoms with van der Waals surface area (Å²) in [6.45, 7) is 4.97. The molecule has 0 aliphatic carbocycles. The fourth-order valence-electron chi connectivity index (χ4n) is 5.24. The van der Waals surface area contributed by atoms with Gasteiger partial charge < -0.3 is 24.3 Å². The second kappa shape index (κ2) is 14.9. The van der Waals surface area contributed by atoms with Crippen molar-refractivity contribution < 1.29 is 28.5 Å². The highest BCUT2D eigenvalue weighted by atomic mass is 35.5. The van der Waals surface area contributed by atoms with E-state index < -0.39 is 11.4 Å². The molecule has 2 saturated heterocycles. The van der Waals surface area contributed by atoms with Crippen molar-refractivity contribution in [3.8, 4) is 23.0 Å². The lowest BCUT2D eigenvalue weighted by Crippen LogP contribution is -2.46. The number of methoxy groups -OCH3 is 1. The molecule has 46 heavy (non-hydrogen) atoms. The number of thioether (sulfide) groups is 1. The molecule has 6 rings (SSSR count). The van der Waals surface area contributed by atoms with E-state index in [9.17, 15) is 9.59 Å². The van der Waals surface area contributed by atoms with Crippen LogP contribution in [-0.4, -0.2) is 79.1 Å². The third-order valence-electron chi connectivity index (χ3n) is 7.57. The number of fused-ring (bicyclic) bond motifs is 1. The number of nitrogens with one attached hydrogen (secondary N) is 2. The first-order valence-corrected chi connectivity index (χ1v) is 16.3. The minimum atomic E-state index is -0.548. The molecule has 2 aliphatic heterocycles. The zero-order valence-electron chi connectivity index (χ0n) is 25.2. The molecule has 11 nitrogen and oxygen atoms in total. The van der Waals surface area contributed by atoms with Gasteiger partial charge in [0.25, 0.3) is 5.91 Å². The van der Waals surface area contributed by atoms with Crippen LogP contribution in [0.1, 0.15) is 17.4 Å². The fraction of sp³-hybridized carbons (Fsp3) is 0.303. The number of aromatic nitrogens is 1. The molecule has 0 saturated carbocycles. The predicted octanol–water partition coefficient (Wildman–Crippen LogP) is 6.10. The van der Waals surface area contributed by atoms with Gasteiger partial charge in [-0.05, 0) is 48.9 Å². The van der Waals surface area contributed by atoms with Gasteiger partial charge in [0.1, 0.15) is 16.9 Å². The number of halogens is 1. The largest absolute Gasteiger partial charge is 0.493 e. The highest BCUT2D eigenvalue weighted by Gasteiger charge is 2.35. The normalized spacial score (nSPS) is 16.8. The summed E-state index contributed by atoms with van der Waals surface area (Å²) in [5.41, 5.74) is 4.65.